The van der Waals surface area contributed by atoms with Gasteiger partial charge in [-0.25, -0.2) is 4.98 Å². The van der Waals surface area contributed by atoms with Crippen LogP contribution in [0.5, 0.6) is 0 Å². The van der Waals surface area contributed by atoms with Crippen LogP contribution in [-0.2, 0) is 13.0 Å². The van der Waals surface area contributed by atoms with Crippen LogP contribution < -0.4 is 5.32 Å². The lowest BCUT2D eigenvalue weighted by molar-refractivity contribution is 0.771. The summed E-state index contributed by atoms with van der Waals surface area (Å²) in [6.45, 7) is 3.01. The van der Waals surface area contributed by atoms with E-state index >= 15 is 0 Å². The summed E-state index contributed by atoms with van der Waals surface area (Å²) < 4.78 is 0.830. The molecule has 4 heteroatoms. The Morgan fingerprint density at radius 3 is 2.92 bits per heavy atom. The van der Waals surface area contributed by atoms with E-state index < -0.39 is 0 Å². The minimum absolute atomic E-state index is 0.830. The van der Waals surface area contributed by atoms with Crippen molar-refractivity contribution >= 4 is 15.9 Å². The SMILES string of the molecule is CCCc1nc(Br)[nH]c1CNC. The van der Waals surface area contributed by atoms with Crippen molar-refractivity contribution in [3.63, 3.8) is 0 Å². The number of halogens is 1. The molecule has 0 spiro atoms. The number of aromatic nitrogens is 2. The van der Waals surface area contributed by atoms with E-state index in [9.17, 15) is 0 Å². The third kappa shape index (κ3) is 2.32. The zero-order valence-corrected chi connectivity index (χ0v) is 9.03. The van der Waals surface area contributed by atoms with Gasteiger partial charge in [-0.1, -0.05) is 13.3 Å². The average molecular weight is 232 g/mol. The summed E-state index contributed by atoms with van der Waals surface area (Å²) >= 11 is 3.33. The first-order valence-corrected chi connectivity index (χ1v) is 4.95. The second-order valence-electron chi connectivity index (χ2n) is 2.73. The molecule has 0 unspecified atom stereocenters. The minimum Gasteiger partial charge on any atom is -0.335 e. The molecular formula is C8H14BrN3. The van der Waals surface area contributed by atoms with Gasteiger partial charge in [0.1, 0.15) is 0 Å². The molecule has 1 aromatic heterocycles. The van der Waals surface area contributed by atoms with Gasteiger partial charge in [0, 0.05) is 6.54 Å². The molecule has 0 aliphatic carbocycles. The van der Waals surface area contributed by atoms with Crippen molar-refractivity contribution in [2.45, 2.75) is 26.3 Å². The lowest BCUT2D eigenvalue weighted by Crippen LogP contribution is -2.07. The Balaban J connectivity index is 2.76. The molecule has 0 fully saturated rings. The summed E-state index contributed by atoms with van der Waals surface area (Å²) in [5.74, 6) is 0. The highest BCUT2D eigenvalue weighted by Crippen LogP contribution is 2.12. The molecule has 1 aromatic rings. The fourth-order valence-corrected chi connectivity index (χ4v) is 1.63. The highest BCUT2D eigenvalue weighted by atomic mass is 79.9. The van der Waals surface area contributed by atoms with Crippen molar-refractivity contribution in [1.29, 1.82) is 0 Å². The van der Waals surface area contributed by atoms with Crippen LogP contribution in [-0.4, -0.2) is 17.0 Å². The van der Waals surface area contributed by atoms with Crippen LogP contribution in [0.4, 0.5) is 0 Å². The summed E-state index contributed by atoms with van der Waals surface area (Å²) in [6, 6.07) is 0. The summed E-state index contributed by atoms with van der Waals surface area (Å²) in [4.78, 5) is 7.51. The van der Waals surface area contributed by atoms with Gasteiger partial charge in [0.2, 0.25) is 0 Å². The van der Waals surface area contributed by atoms with Gasteiger partial charge in [0.05, 0.1) is 11.4 Å². The maximum absolute atomic E-state index is 4.34. The molecule has 0 aliphatic heterocycles. The number of aryl methyl sites for hydroxylation is 1. The number of aromatic amines is 1. The van der Waals surface area contributed by atoms with Gasteiger partial charge in [0.15, 0.2) is 4.73 Å². The number of nitrogens with zero attached hydrogens (tertiary/aromatic N) is 1. The maximum Gasteiger partial charge on any atom is 0.174 e. The molecule has 2 N–H and O–H groups in total. The van der Waals surface area contributed by atoms with Crippen LogP contribution in [0.2, 0.25) is 0 Å². The monoisotopic (exact) mass is 231 g/mol. The molecule has 0 saturated heterocycles. The summed E-state index contributed by atoms with van der Waals surface area (Å²) in [7, 11) is 1.93. The molecule has 68 valence electrons. The number of imidazole rings is 1. The molecular weight excluding hydrogens is 218 g/mol. The van der Waals surface area contributed by atoms with Crippen LogP contribution in [0.3, 0.4) is 0 Å². The van der Waals surface area contributed by atoms with Crippen LogP contribution in [0.15, 0.2) is 4.73 Å². The third-order valence-electron chi connectivity index (χ3n) is 1.68. The van der Waals surface area contributed by atoms with E-state index in [2.05, 4.69) is 38.1 Å². The summed E-state index contributed by atoms with van der Waals surface area (Å²) in [6.07, 6.45) is 2.17. The average Bonchev–Trinajstić information content (AvgIpc) is 2.33. The number of H-pyrrole nitrogens is 1. The van der Waals surface area contributed by atoms with Gasteiger partial charge in [-0.15, -0.1) is 0 Å². The van der Waals surface area contributed by atoms with E-state index in [0.717, 1.165) is 24.1 Å². The molecule has 0 aliphatic rings. The lowest BCUT2D eigenvalue weighted by atomic mass is 10.2. The molecule has 0 aromatic carbocycles. The zero-order valence-electron chi connectivity index (χ0n) is 7.45. The van der Waals surface area contributed by atoms with Crippen LogP contribution in [0.1, 0.15) is 24.7 Å². The highest BCUT2D eigenvalue weighted by molar-refractivity contribution is 9.10. The Labute approximate surface area is 81.1 Å². The van der Waals surface area contributed by atoms with E-state index in [1.54, 1.807) is 0 Å². The fourth-order valence-electron chi connectivity index (χ4n) is 1.18. The Hall–Kier alpha value is -0.350. The van der Waals surface area contributed by atoms with Gasteiger partial charge in [-0.3, -0.25) is 0 Å². The molecule has 0 saturated carbocycles. The quantitative estimate of drug-likeness (QED) is 0.831. The molecule has 0 bridgehead atoms. The minimum atomic E-state index is 0.830. The largest absolute Gasteiger partial charge is 0.335 e. The highest BCUT2D eigenvalue weighted by Gasteiger charge is 2.05. The van der Waals surface area contributed by atoms with Crippen molar-refractivity contribution in [3.8, 4) is 0 Å². The standard InChI is InChI=1S/C8H14BrN3/c1-3-4-6-7(5-10-2)12-8(9)11-6/h10H,3-5H2,1-2H3,(H,11,12). The Kier molecular flexibility index (Phi) is 3.75. The summed E-state index contributed by atoms with van der Waals surface area (Å²) in [5.41, 5.74) is 2.35. The van der Waals surface area contributed by atoms with Gasteiger partial charge in [-0.2, -0.15) is 0 Å². The molecule has 1 heterocycles. The van der Waals surface area contributed by atoms with Crippen LogP contribution >= 0.6 is 15.9 Å². The molecule has 12 heavy (non-hydrogen) atoms. The smallest absolute Gasteiger partial charge is 0.174 e. The Morgan fingerprint density at radius 1 is 1.58 bits per heavy atom. The van der Waals surface area contributed by atoms with Gasteiger partial charge in [-0.05, 0) is 29.4 Å². The normalized spacial score (nSPS) is 10.6. The summed E-state index contributed by atoms with van der Waals surface area (Å²) in [5, 5.41) is 3.10. The van der Waals surface area contributed by atoms with E-state index in [1.807, 2.05) is 7.05 Å². The number of nitrogens with one attached hydrogen (secondary N) is 2. The predicted molar refractivity (Wildman–Crippen MR) is 53.0 cm³/mol. The predicted octanol–water partition coefficient (Wildman–Crippen LogP) is 1.84. The van der Waals surface area contributed by atoms with Gasteiger partial charge in [0.25, 0.3) is 0 Å². The number of rotatable bonds is 4. The molecule has 0 atom stereocenters. The second kappa shape index (κ2) is 4.62. The van der Waals surface area contributed by atoms with Crippen molar-refractivity contribution in [2.75, 3.05) is 7.05 Å². The Morgan fingerprint density at radius 2 is 2.33 bits per heavy atom. The maximum atomic E-state index is 4.34. The lowest BCUT2D eigenvalue weighted by Gasteiger charge is -1.98. The molecule has 0 radical (unpaired) electrons. The van der Waals surface area contributed by atoms with Crippen molar-refractivity contribution in [3.05, 3.63) is 16.1 Å². The van der Waals surface area contributed by atoms with Gasteiger partial charge >= 0.3 is 0 Å². The third-order valence-corrected chi connectivity index (χ3v) is 2.05. The molecule has 3 nitrogen and oxygen atoms in total. The first-order valence-electron chi connectivity index (χ1n) is 4.15. The van der Waals surface area contributed by atoms with Gasteiger partial charge < -0.3 is 10.3 Å². The van der Waals surface area contributed by atoms with E-state index in [1.165, 1.54) is 11.4 Å². The van der Waals surface area contributed by atoms with Crippen LogP contribution in [0, 0.1) is 0 Å². The van der Waals surface area contributed by atoms with Crippen LogP contribution in [0.25, 0.3) is 0 Å². The van der Waals surface area contributed by atoms with Crippen molar-refractivity contribution in [2.24, 2.45) is 0 Å². The molecule has 0 amide bonds. The Bertz CT molecular complexity index is 221. The second-order valence-corrected chi connectivity index (χ2v) is 3.48. The molecule has 1 rings (SSSR count). The number of hydrogen-bond acceptors (Lipinski definition) is 2. The first-order chi connectivity index (χ1) is 5.77. The fraction of sp³-hybridized carbons (Fsp3) is 0.625. The topological polar surface area (TPSA) is 40.7 Å². The van der Waals surface area contributed by atoms with Crippen molar-refractivity contribution in [1.82, 2.24) is 15.3 Å². The number of hydrogen-bond donors (Lipinski definition) is 2. The van der Waals surface area contributed by atoms with E-state index in [0.29, 0.717) is 0 Å². The van der Waals surface area contributed by atoms with E-state index in [-0.39, 0.29) is 0 Å². The zero-order chi connectivity index (χ0) is 8.97. The van der Waals surface area contributed by atoms with E-state index in [4.69, 9.17) is 0 Å². The van der Waals surface area contributed by atoms with Crippen molar-refractivity contribution < 1.29 is 0 Å². The first kappa shape index (κ1) is 9.74.